The van der Waals surface area contributed by atoms with Gasteiger partial charge in [0, 0.05) is 6.07 Å². The molecule has 0 aromatic heterocycles. The van der Waals surface area contributed by atoms with Crippen molar-refractivity contribution in [2.75, 3.05) is 14.2 Å². The number of benzene rings is 2. The summed E-state index contributed by atoms with van der Waals surface area (Å²) in [6, 6.07) is 6.76. The highest BCUT2D eigenvalue weighted by molar-refractivity contribution is 6.09. The van der Waals surface area contributed by atoms with E-state index in [1.54, 1.807) is 12.1 Å². The van der Waals surface area contributed by atoms with Gasteiger partial charge in [0.05, 0.1) is 30.3 Å². The van der Waals surface area contributed by atoms with Crippen LogP contribution in [0.2, 0.25) is 0 Å². The fourth-order valence-corrected chi connectivity index (χ4v) is 2.62. The van der Waals surface area contributed by atoms with Gasteiger partial charge in [0.15, 0.2) is 0 Å². The second kappa shape index (κ2) is 6.16. The van der Waals surface area contributed by atoms with E-state index < -0.39 is 10.9 Å². The van der Waals surface area contributed by atoms with E-state index in [0.29, 0.717) is 17.1 Å². The van der Waals surface area contributed by atoms with Gasteiger partial charge in [-0.25, -0.2) is 4.79 Å². The molecule has 1 aliphatic rings. The highest BCUT2D eigenvalue weighted by Gasteiger charge is 2.34. The molecule has 25 heavy (non-hydrogen) atoms. The van der Waals surface area contributed by atoms with Crippen molar-refractivity contribution in [1.29, 1.82) is 0 Å². The van der Waals surface area contributed by atoms with Crippen molar-refractivity contribution in [2.45, 2.75) is 0 Å². The summed E-state index contributed by atoms with van der Waals surface area (Å²) < 4.78 is 15.7. The largest absolute Gasteiger partial charge is 0.508 e. The predicted molar refractivity (Wildman–Crippen MR) is 87.6 cm³/mol. The highest BCUT2D eigenvalue weighted by atomic mass is 16.6. The predicted octanol–water partition coefficient (Wildman–Crippen LogP) is 2.99. The lowest BCUT2D eigenvalue weighted by atomic mass is 10.0. The Bertz CT molecular complexity index is 917. The van der Waals surface area contributed by atoms with Crippen molar-refractivity contribution in [3.05, 3.63) is 57.1 Å². The Morgan fingerprint density at radius 1 is 1.12 bits per heavy atom. The number of hydrogen-bond donors (Lipinski definition) is 1. The van der Waals surface area contributed by atoms with E-state index in [4.69, 9.17) is 14.2 Å². The zero-order chi connectivity index (χ0) is 18.1. The molecule has 8 nitrogen and oxygen atoms in total. The molecule has 1 heterocycles. The highest BCUT2D eigenvalue weighted by Crippen LogP contribution is 2.43. The van der Waals surface area contributed by atoms with Crippen LogP contribution in [0.15, 0.2) is 30.3 Å². The molecule has 0 fully saturated rings. The molecule has 3 rings (SSSR count). The van der Waals surface area contributed by atoms with Crippen molar-refractivity contribution in [3.63, 3.8) is 0 Å². The Balaban J connectivity index is 2.24. The molecule has 0 bridgehead atoms. The van der Waals surface area contributed by atoms with Crippen LogP contribution >= 0.6 is 0 Å². The number of fused-ring (bicyclic) bond motifs is 1. The molecule has 2 aromatic carbocycles. The second-order valence-electron chi connectivity index (χ2n) is 5.12. The number of carbonyl (C=O) groups excluding carboxylic acids is 1. The van der Waals surface area contributed by atoms with Gasteiger partial charge in [0.1, 0.15) is 28.6 Å². The average molecular weight is 343 g/mol. The van der Waals surface area contributed by atoms with Crippen LogP contribution in [-0.2, 0) is 4.74 Å². The van der Waals surface area contributed by atoms with Gasteiger partial charge in [-0.3, -0.25) is 10.1 Å². The Kier molecular flexibility index (Phi) is 4.02. The maximum Gasteiger partial charge on any atom is 0.348 e. The SMILES string of the molecule is COc1ccc(OC)c2c1C(=O)O/C2=C/c1cc(O)ccc1[N+](=O)[O-]. The van der Waals surface area contributed by atoms with Crippen LogP contribution in [0.3, 0.4) is 0 Å². The smallest absolute Gasteiger partial charge is 0.348 e. The number of phenols is 1. The minimum atomic E-state index is -0.653. The standard InChI is InChI=1S/C17H13NO7/c1-23-12-5-6-13(24-2)16-15(12)14(25-17(16)20)8-9-7-10(19)3-4-11(9)18(21)22/h3-8,19H,1-2H3/b14-8+. The maximum atomic E-state index is 12.2. The minimum absolute atomic E-state index is 0.0736. The van der Waals surface area contributed by atoms with Gasteiger partial charge in [0.25, 0.3) is 5.69 Å². The monoisotopic (exact) mass is 343 g/mol. The van der Waals surface area contributed by atoms with Crippen molar-refractivity contribution in [1.82, 2.24) is 0 Å². The molecular weight excluding hydrogens is 330 g/mol. The van der Waals surface area contributed by atoms with Gasteiger partial charge < -0.3 is 19.3 Å². The molecular formula is C17H13NO7. The first-order chi connectivity index (χ1) is 12.0. The van der Waals surface area contributed by atoms with Gasteiger partial charge in [-0.2, -0.15) is 0 Å². The van der Waals surface area contributed by atoms with E-state index >= 15 is 0 Å². The molecule has 0 unspecified atom stereocenters. The lowest BCUT2D eigenvalue weighted by molar-refractivity contribution is -0.385. The molecule has 1 N–H and O–H groups in total. The third-order valence-electron chi connectivity index (χ3n) is 3.72. The Labute approximate surface area is 142 Å². The molecule has 0 spiro atoms. The molecule has 0 amide bonds. The second-order valence-corrected chi connectivity index (χ2v) is 5.12. The van der Waals surface area contributed by atoms with E-state index in [1.165, 1.54) is 38.5 Å². The summed E-state index contributed by atoms with van der Waals surface area (Å²) in [5, 5.41) is 20.8. The van der Waals surface area contributed by atoms with Gasteiger partial charge in [-0.1, -0.05) is 0 Å². The molecule has 0 saturated heterocycles. The molecule has 0 atom stereocenters. The average Bonchev–Trinajstić information content (AvgIpc) is 2.91. The van der Waals surface area contributed by atoms with Crippen LogP contribution in [0, 0.1) is 10.1 Å². The Hall–Kier alpha value is -3.55. The number of nitrogens with zero attached hydrogens (tertiary/aromatic N) is 1. The number of methoxy groups -OCH3 is 2. The van der Waals surface area contributed by atoms with Crippen molar-refractivity contribution < 1.29 is 29.0 Å². The van der Waals surface area contributed by atoms with E-state index in [1.807, 2.05) is 0 Å². The van der Waals surface area contributed by atoms with Crippen molar-refractivity contribution in [2.24, 2.45) is 0 Å². The van der Waals surface area contributed by atoms with Crippen LogP contribution in [0.5, 0.6) is 17.2 Å². The van der Waals surface area contributed by atoms with E-state index in [-0.39, 0.29) is 28.3 Å². The summed E-state index contributed by atoms with van der Waals surface area (Å²) in [7, 11) is 2.84. The number of hydrogen-bond acceptors (Lipinski definition) is 7. The fraction of sp³-hybridized carbons (Fsp3) is 0.118. The van der Waals surface area contributed by atoms with E-state index in [2.05, 4.69) is 0 Å². The van der Waals surface area contributed by atoms with E-state index in [9.17, 15) is 20.0 Å². The first kappa shape index (κ1) is 16.3. The topological polar surface area (TPSA) is 108 Å². The lowest BCUT2D eigenvalue weighted by Gasteiger charge is -2.09. The third kappa shape index (κ3) is 2.74. The first-order valence-corrected chi connectivity index (χ1v) is 7.13. The Morgan fingerprint density at radius 2 is 1.76 bits per heavy atom. The summed E-state index contributed by atoms with van der Waals surface area (Å²) >= 11 is 0. The van der Waals surface area contributed by atoms with Gasteiger partial charge in [-0.05, 0) is 30.3 Å². The molecule has 128 valence electrons. The normalized spacial score (nSPS) is 14.2. The van der Waals surface area contributed by atoms with Crippen LogP contribution in [0.25, 0.3) is 11.8 Å². The van der Waals surface area contributed by atoms with Gasteiger partial charge in [-0.15, -0.1) is 0 Å². The summed E-state index contributed by atoms with van der Waals surface area (Å²) in [4.78, 5) is 22.8. The first-order valence-electron chi connectivity index (χ1n) is 7.13. The number of nitro benzene ring substituents is 1. The molecule has 2 aromatic rings. The summed E-state index contributed by atoms with van der Waals surface area (Å²) in [6.45, 7) is 0. The zero-order valence-electron chi connectivity index (χ0n) is 13.3. The van der Waals surface area contributed by atoms with Crippen LogP contribution in [-0.4, -0.2) is 30.2 Å². The van der Waals surface area contributed by atoms with Crippen molar-refractivity contribution >= 4 is 23.5 Å². The number of esters is 1. The van der Waals surface area contributed by atoms with Gasteiger partial charge >= 0.3 is 5.97 Å². The molecule has 0 aliphatic carbocycles. The zero-order valence-corrected chi connectivity index (χ0v) is 13.3. The van der Waals surface area contributed by atoms with Crippen molar-refractivity contribution in [3.8, 4) is 17.2 Å². The quantitative estimate of drug-likeness (QED) is 0.516. The Morgan fingerprint density at radius 3 is 2.36 bits per heavy atom. The minimum Gasteiger partial charge on any atom is -0.508 e. The number of cyclic esters (lactones) is 1. The third-order valence-corrected chi connectivity index (χ3v) is 3.72. The summed E-state index contributed by atoms with van der Waals surface area (Å²) in [6.07, 6.45) is 1.31. The van der Waals surface area contributed by atoms with Crippen LogP contribution in [0.4, 0.5) is 5.69 Å². The number of nitro groups is 1. The lowest BCUT2D eigenvalue weighted by Crippen LogP contribution is -1.99. The number of rotatable bonds is 4. The summed E-state index contributed by atoms with van der Waals surface area (Å²) in [5.74, 6) is -0.0748. The fourth-order valence-electron chi connectivity index (χ4n) is 2.62. The molecule has 0 radical (unpaired) electrons. The molecule has 1 aliphatic heterocycles. The van der Waals surface area contributed by atoms with Crippen LogP contribution in [0.1, 0.15) is 21.5 Å². The van der Waals surface area contributed by atoms with E-state index in [0.717, 1.165) is 0 Å². The number of aromatic hydroxyl groups is 1. The summed E-state index contributed by atoms with van der Waals surface area (Å²) in [5.41, 5.74) is 0.364. The molecule has 8 heteroatoms. The number of ether oxygens (including phenoxy) is 3. The number of phenolic OH excluding ortho intramolecular Hbond substituents is 1. The molecule has 0 saturated carbocycles. The van der Waals surface area contributed by atoms with Gasteiger partial charge in [0.2, 0.25) is 0 Å². The van der Waals surface area contributed by atoms with Crippen LogP contribution < -0.4 is 9.47 Å². The number of carbonyl (C=O) groups is 1. The maximum absolute atomic E-state index is 12.2.